The van der Waals surface area contributed by atoms with E-state index >= 15 is 0 Å². The maximum Gasteiger partial charge on any atom is 0.289 e. The SMILES string of the molecule is CC1CCCN(C(=O)c2nc(C(=O)NCc3ccco3)c3n2CCCC3)C1. The van der Waals surface area contributed by atoms with Crippen molar-refractivity contribution in [1.29, 1.82) is 0 Å². The van der Waals surface area contributed by atoms with Gasteiger partial charge in [-0.2, -0.15) is 0 Å². The van der Waals surface area contributed by atoms with E-state index < -0.39 is 0 Å². The molecule has 4 rings (SSSR count). The first kappa shape index (κ1) is 17.8. The van der Waals surface area contributed by atoms with Crippen LogP contribution in [0, 0.1) is 5.92 Å². The number of piperidine rings is 1. The van der Waals surface area contributed by atoms with E-state index in [2.05, 4.69) is 17.2 Å². The summed E-state index contributed by atoms with van der Waals surface area (Å²) in [6.07, 6.45) is 6.56. The van der Waals surface area contributed by atoms with Crippen LogP contribution in [0.2, 0.25) is 0 Å². The molecule has 0 aliphatic carbocycles. The van der Waals surface area contributed by atoms with Gasteiger partial charge in [0, 0.05) is 19.6 Å². The topological polar surface area (TPSA) is 80.4 Å². The Bertz CT molecular complexity index is 825. The number of fused-ring (bicyclic) bond motifs is 1. The van der Waals surface area contributed by atoms with E-state index in [1.165, 1.54) is 0 Å². The van der Waals surface area contributed by atoms with E-state index in [0.29, 0.717) is 29.7 Å². The number of carbonyl (C=O) groups is 2. The van der Waals surface area contributed by atoms with Gasteiger partial charge in [0.15, 0.2) is 5.82 Å². The van der Waals surface area contributed by atoms with E-state index in [0.717, 1.165) is 57.4 Å². The number of hydrogen-bond donors (Lipinski definition) is 1. The lowest BCUT2D eigenvalue weighted by Gasteiger charge is -2.31. The number of nitrogens with zero attached hydrogens (tertiary/aromatic N) is 3. The van der Waals surface area contributed by atoms with Gasteiger partial charge in [-0.25, -0.2) is 4.98 Å². The van der Waals surface area contributed by atoms with Crippen molar-refractivity contribution in [2.24, 2.45) is 5.92 Å². The Morgan fingerprint density at radius 2 is 2.19 bits per heavy atom. The van der Waals surface area contributed by atoms with Crippen molar-refractivity contribution >= 4 is 11.8 Å². The molecule has 0 bridgehead atoms. The third-order valence-corrected chi connectivity index (χ3v) is 5.47. The van der Waals surface area contributed by atoms with Gasteiger partial charge in [0.25, 0.3) is 11.8 Å². The number of carbonyl (C=O) groups excluding carboxylic acids is 2. The number of amides is 2. The fourth-order valence-corrected chi connectivity index (χ4v) is 4.07. The Balaban J connectivity index is 1.57. The van der Waals surface area contributed by atoms with Gasteiger partial charge >= 0.3 is 0 Å². The van der Waals surface area contributed by atoms with Crippen LogP contribution in [-0.2, 0) is 19.5 Å². The van der Waals surface area contributed by atoms with Gasteiger partial charge in [0.1, 0.15) is 11.5 Å². The molecule has 4 heterocycles. The van der Waals surface area contributed by atoms with Gasteiger partial charge in [-0.05, 0) is 50.2 Å². The number of likely N-dealkylation sites (tertiary alicyclic amines) is 1. The van der Waals surface area contributed by atoms with Crippen LogP contribution in [0.1, 0.15) is 65.2 Å². The summed E-state index contributed by atoms with van der Waals surface area (Å²) >= 11 is 0. The van der Waals surface area contributed by atoms with E-state index in [1.54, 1.807) is 12.3 Å². The highest BCUT2D eigenvalue weighted by Gasteiger charge is 2.31. The number of furan rings is 1. The number of nitrogens with one attached hydrogen (secondary N) is 1. The molecule has 27 heavy (non-hydrogen) atoms. The fraction of sp³-hybridized carbons (Fsp3) is 0.550. The van der Waals surface area contributed by atoms with Gasteiger partial charge in [0.2, 0.25) is 0 Å². The molecule has 0 aromatic carbocycles. The molecule has 0 radical (unpaired) electrons. The predicted molar refractivity (Wildman–Crippen MR) is 99.3 cm³/mol. The van der Waals surface area contributed by atoms with Crippen molar-refractivity contribution in [3.63, 3.8) is 0 Å². The molecule has 7 nitrogen and oxygen atoms in total. The molecule has 1 N–H and O–H groups in total. The zero-order valence-electron chi connectivity index (χ0n) is 15.7. The monoisotopic (exact) mass is 370 g/mol. The average molecular weight is 370 g/mol. The van der Waals surface area contributed by atoms with Crippen LogP contribution < -0.4 is 5.32 Å². The highest BCUT2D eigenvalue weighted by atomic mass is 16.3. The Morgan fingerprint density at radius 1 is 1.30 bits per heavy atom. The van der Waals surface area contributed by atoms with Crippen molar-refractivity contribution in [3.05, 3.63) is 41.4 Å². The maximum absolute atomic E-state index is 13.1. The van der Waals surface area contributed by atoms with E-state index in [1.807, 2.05) is 15.5 Å². The third kappa shape index (κ3) is 3.63. The minimum Gasteiger partial charge on any atom is -0.467 e. The molecule has 1 atom stereocenters. The second kappa shape index (κ2) is 7.58. The predicted octanol–water partition coefficient (Wildman–Crippen LogP) is 2.61. The Labute approximate surface area is 158 Å². The van der Waals surface area contributed by atoms with Gasteiger partial charge < -0.3 is 19.2 Å². The lowest BCUT2D eigenvalue weighted by atomic mass is 10.0. The average Bonchev–Trinajstić information content (AvgIpc) is 3.33. The smallest absolute Gasteiger partial charge is 0.289 e. The van der Waals surface area contributed by atoms with Crippen molar-refractivity contribution < 1.29 is 14.0 Å². The number of imidazole rings is 1. The normalized spacial score (nSPS) is 19.6. The maximum atomic E-state index is 13.1. The zero-order chi connectivity index (χ0) is 18.8. The first-order valence-corrected chi connectivity index (χ1v) is 9.82. The van der Waals surface area contributed by atoms with Crippen LogP contribution in [0.25, 0.3) is 0 Å². The summed E-state index contributed by atoms with van der Waals surface area (Å²) in [5.74, 6) is 1.32. The molecule has 2 aromatic rings. The minimum atomic E-state index is -0.247. The standard InChI is InChI=1S/C20H26N4O3/c1-14-6-4-9-23(13-14)20(26)18-22-17(16-8-2-3-10-24(16)18)19(25)21-12-15-7-5-11-27-15/h5,7,11,14H,2-4,6,8-10,12-13H2,1H3,(H,21,25). The molecule has 0 saturated carbocycles. The first-order valence-electron chi connectivity index (χ1n) is 9.82. The van der Waals surface area contributed by atoms with E-state index in [-0.39, 0.29) is 11.8 Å². The summed E-state index contributed by atoms with van der Waals surface area (Å²) in [7, 11) is 0. The van der Waals surface area contributed by atoms with Crippen LogP contribution in [0.4, 0.5) is 0 Å². The van der Waals surface area contributed by atoms with Crippen molar-refractivity contribution in [2.45, 2.75) is 52.1 Å². The molecule has 2 amide bonds. The molecule has 1 fully saturated rings. The fourth-order valence-electron chi connectivity index (χ4n) is 4.07. The largest absolute Gasteiger partial charge is 0.467 e. The second-order valence-corrected chi connectivity index (χ2v) is 7.60. The number of rotatable bonds is 4. The van der Waals surface area contributed by atoms with Crippen LogP contribution in [0.15, 0.2) is 22.8 Å². The highest BCUT2D eigenvalue weighted by molar-refractivity contribution is 5.97. The quantitative estimate of drug-likeness (QED) is 0.897. The second-order valence-electron chi connectivity index (χ2n) is 7.60. The zero-order valence-corrected chi connectivity index (χ0v) is 15.7. The number of hydrogen-bond acceptors (Lipinski definition) is 4. The number of aromatic nitrogens is 2. The molecule has 2 aliphatic rings. The van der Waals surface area contributed by atoms with E-state index in [4.69, 9.17) is 4.42 Å². The molecule has 0 spiro atoms. The minimum absolute atomic E-state index is 0.0465. The lowest BCUT2D eigenvalue weighted by Crippen LogP contribution is -2.40. The molecule has 7 heteroatoms. The first-order chi connectivity index (χ1) is 13.1. The third-order valence-electron chi connectivity index (χ3n) is 5.47. The molecular formula is C20H26N4O3. The van der Waals surface area contributed by atoms with Crippen molar-refractivity contribution in [1.82, 2.24) is 19.8 Å². The van der Waals surface area contributed by atoms with Crippen LogP contribution in [-0.4, -0.2) is 39.4 Å². The summed E-state index contributed by atoms with van der Waals surface area (Å²) in [6.45, 7) is 4.77. The van der Waals surface area contributed by atoms with E-state index in [9.17, 15) is 9.59 Å². The van der Waals surface area contributed by atoms with Crippen LogP contribution in [0.3, 0.4) is 0 Å². The molecule has 1 saturated heterocycles. The molecule has 1 unspecified atom stereocenters. The van der Waals surface area contributed by atoms with Gasteiger partial charge in [-0.3, -0.25) is 9.59 Å². The van der Waals surface area contributed by atoms with Crippen LogP contribution >= 0.6 is 0 Å². The van der Waals surface area contributed by atoms with Gasteiger partial charge in [-0.1, -0.05) is 6.92 Å². The summed E-state index contributed by atoms with van der Waals surface area (Å²) in [4.78, 5) is 32.2. The van der Waals surface area contributed by atoms with Gasteiger partial charge in [-0.15, -0.1) is 0 Å². The molecular weight excluding hydrogens is 344 g/mol. The van der Waals surface area contributed by atoms with Crippen molar-refractivity contribution in [2.75, 3.05) is 13.1 Å². The Morgan fingerprint density at radius 3 is 2.96 bits per heavy atom. The molecule has 144 valence electrons. The summed E-state index contributed by atoms with van der Waals surface area (Å²) in [5, 5.41) is 2.86. The van der Waals surface area contributed by atoms with Crippen molar-refractivity contribution in [3.8, 4) is 0 Å². The summed E-state index contributed by atoms with van der Waals surface area (Å²) in [5.41, 5.74) is 1.27. The van der Waals surface area contributed by atoms with Gasteiger partial charge in [0.05, 0.1) is 18.5 Å². The lowest BCUT2D eigenvalue weighted by molar-refractivity contribution is 0.0664. The van der Waals surface area contributed by atoms with Crippen LogP contribution in [0.5, 0.6) is 0 Å². The molecule has 2 aliphatic heterocycles. The highest BCUT2D eigenvalue weighted by Crippen LogP contribution is 2.24. The Hall–Kier alpha value is -2.57. The summed E-state index contributed by atoms with van der Waals surface area (Å²) < 4.78 is 7.23. The Kier molecular flexibility index (Phi) is 5.01. The summed E-state index contributed by atoms with van der Waals surface area (Å²) in [6, 6.07) is 3.60. The molecule has 2 aromatic heterocycles.